The average Bonchev–Trinajstić information content (AvgIpc) is 2.37. The van der Waals surface area contributed by atoms with Crippen LogP contribution in [0, 0.1) is 11.6 Å². The predicted molar refractivity (Wildman–Crippen MR) is 72.2 cm³/mol. The molecule has 2 aromatic rings. The number of benzene rings is 1. The van der Waals surface area contributed by atoms with Crippen LogP contribution in [0.2, 0.25) is 0 Å². The van der Waals surface area contributed by atoms with Crippen LogP contribution in [0.4, 0.5) is 8.78 Å². The van der Waals surface area contributed by atoms with Gasteiger partial charge in [0, 0.05) is 22.6 Å². The number of pyridine rings is 1. The van der Waals surface area contributed by atoms with Gasteiger partial charge < -0.3 is 5.11 Å². The minimum Gasteiger partial charge on any atom is -0.505 e. The van der Waals surface area contributed by atoms with Gasteiger partial charge in [-0.3, -0.25) is 0 Å². The summed E-state index contributed by atoms with van der Waals surface area (Å²) in [6.45, 7) is 3.99. The molecule has 100 valence electrons. The number of hydrogen-bond donors (Lipinski definition) is 1. The van der Waals surface area contributed by atoms with E-state index in [-0.39, 0.29) is 10.8 Å². The highest BCUT2D eigenvalue weighted by Crippen LogP contribution is 2.35. The van der Waals surface area contributed by atoms with Gasteiger partial charge in [-0.2, -0.15) is 4.39 Å². The molecule has 0 aliphatic rings. The fraction of sp³-hybridized carbons (Fsp3) is 0.214. The standard InChI is InChI=1S/C14H13F2NOS/c1-8(2)19-14-10(4-3-7-17-14)9-5-6-11(18)13(16)12(9)15/h3-8,18H,1-2H3. The van der Waals surface area contributed by atoms with E-state index < -0.39 is 17.4 Å². The van der Waals surface area contributed by atoms with Crippen LogP contribution < -0.4 is 0 Å². The van der Waals surface area contributed by atoms with Crippen molar-refractivity contribution in [3.63, 3.8) is 0 Å². The minimum absolute atomic E-state index is 0.103. The molecule has 5 heteroatoms. The number of rotatable bonds is 3. The first-order valence-corrected chi connectivity index (χ1v) is 6.67. The smallest absolute Gasteiger partial charge is 0.200 e. The van der Waals surface area contributed by atoms with Crippen molar-refractivity contribution in [3.8, 4) is 16.9 Å². The Morgan fingerprint density at radius 3 is 2.53 bits per heavy atom. The monoisotopic (exact) mass is 281 g/mol. The molecule has 0 amide bonds. The van der Waals surface area contributed by atoms with Gasteiger partial charge in [0.2, 0.25) is 5.82 Å². The van der Waals surface area contributed by atoms with Crippen molar-refractivity contribution in [3.05, 3.63) is 42.1 Å². The van der Waals surface area contributed by atoms with Crippen LogP contribution in [0.15, 0.2) is 35.5 Å². The number of halogens is 2. The molecule has 0 saturated carbocycles. The lowest BCUT2D eigenvalue weighted by molar-refractivity contribution is 0.408. The Morgan fingerprint density at radius 1 is 1.11 bits per heavy atom. The molecule has 0 unspecified atom stereocenters. The summed E-state index contributed by atoms with van der Waals surface area (Å²) in [5.41, 5.74) is 0.629. The van der Waals surface area contributed by atoms with Gasteiger partial charge in [0.1, 0.15) is 5.03 Å². The Kier molecular flexibility index (Phi) is 4.04. The second kappa shape index (κ2) is 5.57. The van der Waals surface area contributed by atoms with Crippen LogP contribution in [0.25, 0.3) is 11.1 Å². The largest absolute Gasteiger partial charge is 0.505 e. The summed E-state index contributed by atoms with van der Waals surface area (Å²) in [4.78, 5) is 4.20. The number of phenolic OH excluding ortho intramolecular Hbond substituents is 1. The van der Waals surface area contributed by atoms with Crippen molar-refractivity contribution in [2.75, 3.05) is 0 Å². The SMILES string of the molecule is CC(C)Sc1ncccc1-c1ccc(O)c(F)c1F. The second-order valence-corrected chi connectivity index (χ2v) is 5.85. The van der Waals surface area contributed by atoms with Gasteiger partial charge in [0.15, 0.2) is 11.6 Å². The van der Waals surface area contributed by atoms with Gasteiger partial charge in [-0.05, 0) is 18.2 Å². The van der Waals surface area contributed by atoms with Crippen LogP contribution in [0.3, 0.4) is 0 Å². The van der Waals surface area contributed by atoms with E-state index in [2.05, 4.69) is 4.98 Å². The maximum Gasteiger partial charge on any atom is 0.200 e. The maximum absolute atomic E-state index is 13.9. The van der Waals surface area contributed by atoms with Crippen molar-refractivity contribution < 1.29 is 13.9 Å². The van der Waals surface area contributed by atoms with Crippen molar-refractivity contribution in [1.82, 2.24) is 4.98 Å². The van der Waals surface area contributed by atoms with E-state index in [0.29, 0.717) is 10.6 Å². The van der Waals surface area contributed by atoms with Gasteiger partial charge in [-0.1, -0.05) is 19.9 Å². The van der Waals surface area contributed by atoms with E-state index in [0.717, 1.165) is 6.07 Å². The fourth-order valence-corrected chi connectivity index (χ4v) is 2.53. The number of phenols is 1. The molecule has 0 saturated heterocycles. The van der Waals surface area contributed by atoms with Gasteiger partial charge in [-0.25, -0.2) is 9.37 Å². The highest BCUT2D eigenvalue weighted by atomic mass is 32.2. The van der Waals surface area contributed by atoms with Crippen molar-refractivity contribution in [1.29, 1.82) is 0 Å². The Bertz CT molecular complexity index is 602. The molecule has 0 atom stereocenters. The third kappa shape index (κ3) is 2.87. The number of thioether (sulfide) groups is 1. The molecule has 2 nitrogen and oxygen atoms in total. The third-order valence-electron chi connectivity index (χ3n) is 2.47. The fourth-order valence-electron chi connectivity index (χ4n) is 1.66. The molecular weight excluding hydrogens is 268 g/mol. The number of aromatic hydroxyl groups is 1. The zero-order chi connectivity index (χ0) is 14.0. The number of aromatic nitrogens is 1. The lowest BCUT2D eigenvalue weighted by Gasteiger charge is -2.11. The zero-order valence-electron chi connectivity index (χ0n) is 10.5. The summed E-state index contributed by atoms with van der Waals surface area (Å²) in [6, 6.07) is 5.86. The van der Waals surface area contributed by atoms with Crippen LogP contribution in [0.1, 0.15) is 13.8 Å². The molecule has 0 bridgehead atoms. The van der Waals surface area contributed by atoms with Crippen molar-refractivity contribution >= 4 is 11.8 Å². The average molecular weight is 281 g/mol. The molecule has 0 fully saturated rings. The van der Waals surface area contributed by atoms with Crippen LogP contribution in [-0.4, -0.2) is 15.3 Å². The Balaban J connectivity index is 2.56. The summed E-state index contributed by atoms with van der Waals surface area (Å²) in [5.74, 6) is -2.98. The topological polar surface area (TPSA) is 33.1 Å². The van der Waals surface area contributed by atoms with E-state index in [1.54, 1.807) is 18.3 Å². The van der Waals surface area contributed by atoms with E-state index >= 15 is 0 Å². The molecule has 2 rings (SSSR count). The Hall–Kier alpha value is -1.62. The molecule has 0 spiro atoms. The number of nitrogens with zero attached hydrogens (tertiary/aromatic N) is 1. The highest BCUT2D eigenvalue weighted by Gasteiger charge is 2.17. The predicted octanol–water partition coefficient (Wildman–Crippen LogP) is 4.23. The van der Waals surface area contributed by atoms with Gasteiger partial charge >= 0.3 is 0 Å². The zero-order valence-corrected chi connectivity index (χ0v) is 11.3. The lowest BCUT2D eigenvalue weighted by Crippen LogP contribution is -1.95. The molecule has 1 aromatic carbocycles. The van der Waals surface area contributed by atoms with Gasteiger partial charge in [0.05, 0.1) is 0 Å². The molecule has 1 aromatic heterocycles. The summed E-state index contributed by atoms with van der Waals surface area (Å²) in [7, 11) is 0. The minimum atomic E-state index is -1.23. The number of hydrogen-bond acceptors (Lipinski definition) is 3. The molecule has 19 heavy (non-hydrogen) atoms. The second-order valence-electron chi connectivity index (χ2n) is 4.28. The van der Waals surface area contributed by atoms with E-state index in [4.69, 9.17) is 5.11 Å². The lowest BCUT2D eigenvalue weighted by atomic mass is 10.1. The molecule has 1 N–H and O–H groups in total. The summed E-state index contributed by atoms with van der Waals surface area (Å²) in [6.07, 6.45) is 1.61. The first-order valence-electron chi connectivity index (χ1n) is 5.79. The maximum atomic E-state index is 13.9. The molecule has 1 heterocycles. The van der Waals surface area contributed by atoms with Gasteiger partial charge in [-0.15, -0.1) is 11.8 Å². The summed E-state index contributed by atoms with van der Waals surface area (Å²) < 4.78 is 27.3. The first-order chi connectivity index (χ1) is 9.00. The highest BCUT2D eigenvalue weighted by molar-refractivity contribution is 7.99. The van der Waals surface area contributed by atoms with E-state index in [1.165, 1.54) is 17.8 Å². The molecule has 0 radical (unpaired) electrons. The van der Waals surface area contributed by atoms with Crippen molar-refractivity contribution in [2.24, 2.45) is 0 Å². The molecule has 0 aliphatic carbocycles. The normalized spacial score (nSPS) is 11.0. The third-order valence-corrected chi connectivity index (χ3v) is 3.49. The Labute approximate surface area is 114 Å². The quantitative estimate of drug-likeness (QED) is 0.854. The molecule has 0 aliphatic heterocycles. The molecular formula is C14H13F2NOS. The van der Waals surface area contributed by atoms with Crippen LogP contribution in [0.5, 0.6) is 5.75 Å². The van der Waals surface area contributed by atoms with Crippen LogP contribution >= 0.6 is 11.8 Å². The van der Waals surface area contributed by atoms with Crippen LogP contribution in [-0.2, 0) is 0 Å². The summed E-state index contributed by atoms with van der Waals surface area (Å²) in [5, 5.41) is 10.1. The Morgan fingerprint density at radius 2 is 1.84 bits per heavy atom. The van der Waals surface area contributed by atoms with E-state index in [9.17, 15) is 8.78 Å². The van der Waals surface area contributed by atoms with E-state index in [1.807, 2.05) is 13.8 Å². The summed E-state index contributed by atoms with van der Waals surface area (Å²) >= 11 is 1.48. The van der Waals surface area contributed by atoms with Gasteiger partial charge in [0.25, 0.3) is 0 Å². The van der Waals surface area contributed by atoms with Crippen molar-refractivity contribution in [2.45, 2.75) is 24.1 Å². The first kappa shape index (κ1) is 13.8.